The molecule has 0 unspecified atom stereocenters. The van der Waals surface area contributed by atoms with Crippen molar-refractivity contribution in [2.75, 3.05) is 24.3 Å². The standard InChI is InChI=1S/C18H18N8O7S3.C16H19N3O4S/c1-25-18(22-12(28)13(29)23-25)36-4-6-3-34-15-9(14(30)26(15)10(6)16(31)32)21-11(27)8(24-33-2)7-5-35-17(19)20-7;1-16(2)11(15(22)23)19-13(21)10(14(19)24-16)18-12(20)9(17)8-6-4-3-5-7-8/h5,9,15H,3-4H2,1-2H3,(H2,19,20)(H,21,27)(H,23,29)(H,31,32);3-7,9-11,14H,17H2,1-2H3,(H,18,20)(H,22,23)/b24-8-;/t9-,15-;9-,10-,11+,14-/m11/s1. The van der Waals surface area contributed by atoms with Crippen molar-refractivity contribution in [3.63, 3.8) is 0 Å². The van der Waals surface area contributed by atoms with E-state index in [1.54, 1.807) is 38.1 Å². The van der Waals surface area contributed by atoms with Crippen molar-refractivity contribution >= 4 is 93.0 Å². The van der Waals surface area contributed by atoms with E-state index in [2.05, 4.69) is 30.9 Å². The van der Waals surface area contributed by atoms with Gasteiger partial charge in [-0.05, 0) is 25.0 Å². The van der Waals surface area contributed by atoms with E-state index in [9.17, 15) is 48.9 Å². The highest BCUT2D eigenvalue weighted by Crippen LogP contribution is 2.51. The second-order valence-corrected chi connectivity index (χ2v) is 18.4. The number of fused-ring (bicyclic) bond motifs is 2. The maximum atomic E-state index is 12.9. The molecule has 0 radical (unpaired) electrons. The average molecular weight is 904 g/mol. The number of nitrogens with zero attached hydrogens (tertiary/aromatic N) is 7. The molecule has 3 saturated heterocycles. The van der Waals surface area contributed by atoms with Crippen LogP contribution in [0.5, 0.6) is 5.88 Å². The summed E-state index contributed by atoms with van der Waals surface area (Å²) in [5.41, 5.74) is 11.5. The number of nitrogens with two attached hydrogens (primary N) is 2. The Morgan fingerprint density at radius 1 is 1.07 bits per heavy atom. The van der Waals surface area contributed by atoms with Crippen LogP contribution in [0.3, 0.4) is 0 Å². The number of thioether (sulfide) groups is 3. The van der Waals surface area contributed by atoms with E-state index >= 15 is 0 Å². The van der Waals surface area contributed by atoms with Crippen LogP contribution in [0.1, 0.15) is 31.1 Å². The summed E-state index contributed by atoms with van der Waals surface area (Å²) in [6.07, 6.45) is 0. The van der Waals surface area contributed by atoms with Crippen molar-refractivity contribution in [3.05, 3.63) is 68.6 Å². The molecule has 7 rings (SSSR count). The lowest BCUT2D eigenvalue weighted by atomic mass is 9.95. The van der Waals surface area contributed by atoms with Gasteiger partial charge in [0, 0.05) is 28.7 Å². The molecule has 4 aliphatic rings. The van der Waals surface area contributed by atoms with E-state index in [-0.39, 0.29) is 50.2 Å². The SMILES string of the molecule is CC1(C)S[C@@H]2[C@H](NC(=O)[C@H](N)c3ccccc3)C(=O)N2[C@H]1C(=O)O.CO/N=C(\C(=O)N[C@@H]1C(=O)N2C(C(=O)O)=C(CSc3nc(=O)c(O)nn3C)CS[C@H]12)c1csc(N)n1. The fraction of sp³-hybridized carbons (Fsp3) is 0.382. The maximum Gasteiger partial charge on any atom is 0.352 e. The first-order valence-corrected chi connectivity index (χ1v) is 21.3. The zero-order chi connectivity index (χ0) is 43.8. The first-order valence-electron chi connectivity index (χ1n) is 17.5. The number of carbonyl (C=O) groups excluding carboxylic acids is 4. The van der Waals surface area contributed by atoms with Gasteiger partial charge < -0.3 is 47.2 Å². The first kappa shape index (κ1) is 43.9. The lowest BCUT2D eigenvalue weighted by Gasteiger charge is -2.49. The van der Waals surface area contributed by atoms with Crippen LogP contribution in [0.15, 0.2) is 62.1 Å². The minimum Gasteiger partial charge on any atom is -0.488 e. The second kappa shape index (κ2) is 17.5. The summed E-state index contributed by atoms with van der Waals surface area (Å²) in [6, 6.07) is 5.38. The number of aromatic hydroxyl groups is 1. The molecular weight excluding hydrogens is 867 g/mol. The van der Waals surface area contributed by atoms with Crippen molar-refractivity contribution in [3.8, 4) is 5.88 Å². The van der Waals surface area contributed by atoms with Crippen LogP contribution in [-0.4, -0.2) is 138 Å². The highest BCUT2D eigenvalue weighted by atomic mass is 32.2. The molecule has 6 atom stereocenters. The molecule has 0 aliphatic carbocycles. The van der Waals surface area contributed by atoms with Gasteiger partial charge in [0.05, 0.1) is 0 Å². The number of carboxylic acids is 2. The predicted molar refractivity (Wildman–Crippen MR) is 218 cm³/mol. The van der Waals surface area contributed by atoms with Gasteiger partial charge in [0.1, 0.15) is 53.4 Å². The van der Waals surface area contributed by atoms with E-state index in [1.807, 2.05) is 6.07 Å². The average Bonchev–Trinajstić information content (AvgIpc) is 3.75. The van der Waals surface area contributed by atoms with Crippen LogP contribution in [0.25, 0.3) is 0 Å². The van der Waals surface area contributed by atoms with E-state index in [1.165, 1.54) is 52.6 Å². The minimum atomic E-state index is -1.31. The summed E-state index contributed by atoms with van der Waals surface area (Å²) >= 11 is 4.79. The van der Waals surface area contributed by atoms with E-state index in [0.29, 0.717) is 11.1 Å². The predicted octanol–water partition coefficient (Wildman–Crippen LogP) is -0.881. The summed E-state index contributed by atoms with van der Waals surface area (Å²) < 4.78 is 0.573. The molecule has 9 N–H and O–H groups in total. The molecule has 0 bridgehead atoms. The number of benzene rings is 1. The molecule has 26 heteroatoms. The number of aromatic nitrogens is 4. The molecular formula is C34H37N11O11S4. The molecule has 2 aromatic heterocycles. The molecule has 3 fully saturated rings. The topological polar surface area (TPSA) is 328 Å². The number of oxime groups is 1. The largest absolute Gasteiger partial charge is 0.488 e. The Morgan fingerprint density at radius 3 is 2.37 bits per heavy atom. The number of hydrogen-bond acceptors (Lipinski definition) is 19. The molecule has 0 spiro atoms. The number of amides is 4. The number of carbonyl (C=O) groups is 6. The highest BCUT2D eigenvalue weighted by Gasteiger charge is 2.64. The first-order chi connectivity index (χ1) is 28.4. The fourth-order valence-corrected chi connectivity index (χ4v) is 11.2. The van der Waals surface area contributed by atoms with Gasteiger partial charge in [0.25, 0.3) is 17.7 Å². The summed E-state index contributed by atoms with van der Waals surface area (Å²) in [6.45, 7) is 3.58. The number of nitrogen functional groups attached to an aromatic ring is 1. The van der Waals surface area contributed by atoms with Gasteiger partial charge in [0.2, 0.25) is 11.8 Å². The minimum absolute atomic E-state index is 0.102. The number of carboxylic acid groups (broad SMARTS) is 2. The van der Waals surface area contributed by atoms with Gasteiger partial charge in [-0.1, -0.05) is 47.2 Å². The van der Waals surface area contributed by atoms with E-state index in [4.69, 9.17) is 16.3 Å². The zero-order valence-corrected chi connectivity index (χ0v) is 35.1. The summed E-state index contributed by atoms with van der Waals surface area (Å²) in [7, 11) is 2.72. The van der Waals surface area contributed by atoms with Crippen molar-refractivity contribution in [2.24, 2.45) is 17.9 Å². The number of nitrogens with one attached hydrogen (secondary N) is 2. The molecule has 3 aromatic rings. The Kier molecular flexibility index (Phi) is 12.8. The summed E-state index contributed by atoms with van der Waals surface area (Å²) in [4.78, 5) is 100. The highest BCUT2D eigenvalue weighted by molar-refractivity contribution is 8.01. The third kappa shape index (κ3) is 8.49. The third-order valence-corrected chi connectivity index (χ3v) is 14.1. The van der Waals surface area contributed by atoms with Crippen LogP contribution < -0.4 is 27.7 Å². The zero-order valence-electron chi connectivity index (χ0n) is 31.9. The monoisotopic (exact) mass is 903 g/mol. The number of aliphatic carboxylic acids is 2. The number of hydrogen-bond donors (Lipinski definition) is 7. The van der Waals surface area contributed by atoms with Crippen LogP contribution >= 0.6 is 46.6 Å². The van der Waals surface area contributed by atoms with Gasteiger partial charge in [-0.15, -0.1) is 40.0 Å². The number of anilines is 1. The number of rotatable bonds is 12. The number of thiazole rings is 1. The lowest BCUT2D eigenvalue weighted by Crippen LogP contribution is -2.71. The lowest BCUT2D eigenvalue weighted by molar-refractivity contribution is -0.161. The molecule has 0 saturated carbocycles. The van der Waals surface area contributed by atoms with Crippen LogP contribution in [-0.2, 0) is 40.7 Å². The number of β-lactam (4-membered cyclic amide) rings is 2. The molecule has 60 heavy (non-hydrogen) atoms. The van der Waals surface area contributed by atoms with Crippen molar-refractivity contribution in [1.82, 2.24) is 40.2 Å². The molecule has 318 valence electrons. The van der Waals surface area contributed by atoms with Gasteiger partial charge >= 0.3 is 17.5 Å². The third-order valence-electron chi connectivity index (χ3n) is 9.40. The summed E-state index contributed by atoms with van der Waals surface area (Å²) in [5.74, 6) is -4.90. The van der Waals surface area contributed by atoms with Crippen LogP contribution in [0.4, 0.5) is 5.13 Å². The van der Waals surface area contributed by atoms with Crippen molar-refractivity contribution in [1.29, 1.82) is 0 Å². The Balaban J connectivity index is 0.000000218. The summed E-state index contributed by atoms with van der Waals surface area (Å²) in [5, 5.41) is 42.0. The van der Waals surface area contributed by atoms with Crippen molar-refractivity contribution in [2.45, 2.75) is 58.7 Å². The fourth-order valence-electron chi connectivity index (χ4n) is 6.61. The van der Waals surface area contributed by atoms with Crippen molar-refractivity contribution < 1.29 is 48.9 Å². The second-order valence-electron chi connectivity index (χ2n) is 13.7. The smallest absolute Gasteiger partial charge is 0.352 e. The molecule has 1 aromatic carbocycles. The van der Waals surface area contributed by atoms with Gasteiger partial charge in [-0.25, -0.2) is 19.3 Å². The Morgan fingerprint density at radius 2 is 1.75 bits per heavy atom. The van der Waals surface area contributed by atoms with Crippen LogP contribution in [0.2, 0.25) is 0 Å². The Hall–Kier alpha value is -5.70. The Bertz CT molecular complexity index is 2370. The maximum absolute atomic E-state index is 12.9. The number of aryl methyl sites for hydroxylation is 1. The van der Waals surface area contributed by atoms with Gasteiger partial charge in [-0.2, -0.15) is 4.98 Å². The molecule has 4 aliphatic heterocycles. The van der Waals surface area contributed by atoms with Gasteiger partial charge in [0.15, 0.2) is 16.0 Å². The van der Waals surface area contributed by atoms with Crippen LogP contribution in [0, 0.1) is 0 Å². The van der Waals surface area contributed by atoms with Gasteiger partial charge in [-0.3, -0.25) is 28.9 Å². The van der Waals surface area contributed by atoms with E-state index in [0.717, 1.165) is 28.0 Å². The molecule has 4 amide bonds. The quantitative estimate of drug-likeness (QED) is 0.0502. The normalized spacial score (nSPS) is 23.2. The Labute approximate surface area is 356 Å². The molecule has 22 nitrogen and oxygen atoms in total. The van der Waals surface area contributed by atoms with E-state index < -0.39 is 75.4 Å². The molecule has 6 heterocycles.